The number of esters is 1. The summed E-state index contributed by atoms with van der Waals surface area (Å²) in [6.45, 7) is 3.83. The van der Waals surface area contributed by atoms with Crippen LogP contribution in [0.5, 0.6) is 0 Å². The first kappa shape index (κ1) is 12.9. The minimum absolute atomic E-state index is 0.278. The molecule has 0 unspecified atom stereocenters. The Bertz CT molecular complexity index is 524. The fraction of sp³-hybridized carbons (Fsp3) is 0.0625. The van der Waals surface area contributed by atoms with E-state index in [-0.39, 0.29) is 5.70 Å². The molecule has 0 heterocycles. The van der Waals surface area contributed by atoms with E-state index in [1.807, 2.05) is 60.7 Å². The summed E-state index contributed by atoms with van der Waals surface area (Å²) in [7, 11) is 1.35. The van der Waals surface area contributed by atoms with Gasteiger partial charge >= 0.3 is 5.97 Å². The van der Waals surface area contributed by atoms with Gasteiger partial charge in [0.2, 0.25) is 0 Å². The molecule has 3 heteroatoms. The molecule has 96 valence electrons. The van der Waals surface area contributed by atoms with Crippen LogP contribution in [0.15, 0.2) is 72.9 Å². The van der Waals surface area contributed by atoms with Crippen molar-refractivity contribution in [3.8, 4) is 0 Å². The number of ether oxygens (including phenoxy) is 1. The summed E-state index contributed by atoms with van der Waals surface area (Å²) < 4.78 is 4.76. The lowest BCUT2D eigenvalue weighted by molar-refractivity contribution is -0.136. The van der Waals surface area contributed by atoms with Crippen molar-refractivity contribution in [3.63, 3.8) is 0 Å². The van der Waals surface area contributed by atoms with Crippen LogP contribution in [0.3, 0.4) is 0 Å². The molecule has 0 aliphatic rings. The standard InChI is InChI=1S/C16H15NO2/c1-13(16(18)19-2)17(14-9-5-3-6-10-14)15-11-7-4-8-12-15/h3-12H,1H2,2H3. The molecular weight excluding hydrogens is 238 g/mol. The van der Waals surface area contributed by atoms with Crippen LogP contribution in [-0.2, 0) is 9.53 Å². The Morgan fingerprint density at radius 3 is 1.74 bits per heavy atom. The molecular formula is C16H15NO2. The van der Waals surface area contributed by atoms with Gasteiger partial charge in [-0.1, -0.05) is 43.0 Å². The monoisotopic (exact) mass is 253 g/mol. The van der Waals surface area contributed by atoms with Crippen LogP contribution in [0.1, 0.15) is 0 Å². The van der Waals surface area contributed by atoms with Crippen LogP contribution in [0.25, 0.3) is 0 Å². The molecule has 0 aromatic heterocycles. The number of methoxy groups -OCH3 is 1. The van der Waals surface area contributed by atoms with Crippen molar-refractivity contribution < 1.29 is 9.53 Å². The van der Waals surface area contributed by atoms with Crippen molar-refractivity contribution >= 4 is 17.3 Å². The van der Waals surface area contributed by atoms with E-state index in [9.17, 15) is 4.79 Å². The predicted molar refractivity (Wildman–Crippen MR) is 76.2 cm³/mol. The third-order valence-electron chi connectivity index (χ3n) is 2.72. The first-order valence-electron chi connectivity index (χ1n) is 5.91. The molecule has 2 aromatic rings. The van der Waals surface area contributed by atoms with Gasteiger partial charge in [0.1, 0.15) is 5.70 Å². The maximum Gasteiger partial charge on any atom is 0.354 e. The number of carbonyl (C=O) groups is 1. The van der Waals surface area contributed by atoms with Gasteiger partial charge in [-0.25, -0.2) is 4.79 Å². The molecule has 0 fully saturated rings. The third-order valence-corrected chi connectivity index (χ3v) is 2.72. The van der Waals surface area contributed by atoms with Gasteiger partial charge < -0.3 is 9.64 Å². The molecule has 0 amide bonds. The van der Waals surface area contributed by atoms with E-state index < -0.39 is 5.97 Å². The predicted octanol–water partition coefficient (Wildman–Crippen LogP) is 3.51. The Morgan fingerprint density at radius 2 is 1.37 bits per heavy atom. The van der Waals surface area contributed by atoms with Crippen LogP contribution in [0.4, 0.5) is 11.4 Å². The zero-order valence-corrected chi connectivity index (χ0v) is 10.7. The largest absolute Gasteiger partial charge is 0.464 e. The molecule has 0 saturated heterocycles. The number of rotatable bonds is 4. The molecule has 0 N–H and O–H groups in total. The molecule has 0 bridgehead atoms. The molecule has 0 saturated carbocycles. The van der Waals surface area contributed by atoms with Gasteiger partial charge in [0.05, 0.1) is 7.11 Å². The Balaban J connectivity index is 2.46. The Labute approximate surface area is 112 Å². The average molecular weight is 253 g/mol. The van der Waals surface area contributed by atoms with Crippen LogP contribution >= 0.6 is 0 Å². The Kier molecular flexibility index (Phi) is 3.98. The Hall–Kier alpha value is -2.55. The summed E-state index contributed by atoms with van der Waals surface area (Å²) in [5.41, 5.74) is 2.01. The van der Waals surface area contributed by atoms with E-state index in [2.05, 4.69) is 6.58 Å². The van der Waals surface area contributed by atoms with Crippen molar-refractivity contribution in [2.75, 3.05) is 12.0 Å². The molecule has 0 aliphatic carbocycles. The molecule has 0 radical (unpaired) electrons. The normalized spacial score (nSPS) is 9.74. The molecule has 2 aromatic carbocycles. The second-order valence-electron chi connectivity index (χ2n) is 3.94. The fourth-order valence-corrected chi connectivity index (χ4v) is 1.82. The van der Waals surface area contributed by atoms with Crippen LogP contribution in [-0.4, -0.2) is 13.1 Å². The van der Waals surface area contributed by atoms with Gasteiger partial charge in [0, 0.05) is 11.4 Å². The number of carbonyl (C=O) groups excluding carboxylic acids is 1. The van der Waals surface area contributed by atoms with Gasteiger partial charge in [0.15, 0.2) is 0 Å². The van der Waals surface area contributed by atoms with Gasteiger partial charge in [-0.2, -0.15) is 0 Å². The maximum absolute atomic E-state index is 11.7. The highest BCUT2D eigenvalue weighted by Gasteiger charge is 2.18. The van der Waals surface area contributed by atoms with Crippen molar-refractivity contribution in [2.45, 2.75) is 0 Å². The van der Waals surface area contributed by atoms with Gasteiger partial charge in [0.25, 0.3) is 0 Å². The second-order valence-corrected chi connectivity index (χ2v) is 3.94. The molecule has 19 heavy (non-hydrogen) atoms. The van der Waals surface area contributed by atoms with Gasteiger partial charge in [-0.15, -0.1) is 0 Å². The number of hydrogen-bond donors (Lipinski definition) is 0. The van der Waals surface area contributed by atoms with E-state index in [1.54, 1.807) is 4.90 Å². The average Bonchev–Trinajstić information content (AvgIpc) is 2.49. The van der Waals surface area contributed by atoms with Crippen molar-refractivity contribution in [3.05, 3.63) is 72.9 Å². The summed E-state index contributed by atoms with van der Waals surface area (Å²) >= 11 is 0. The highest BCUT2D eigenvalue weighted by atomic mass is 16.5. The first-order chi connectivity index (χ1) is 9.24. The number of anilines is 2. The zero-order valence-electron chi connectivity index (χ0n) is 10.7. The highest BCUT2D eigenvalue weighted by Crippen LogP contribution is 2.28. The minimum Gasteiger partial charge on any atom is -0.464 e. The lowest BCUT2D eigenvalue weighted by Gasteiger charge is -2.25. The van der Waals surface area contributed by atoms with Crippen molar-refractivity contribution in [1.29, 1.82) is 0 Å². The number of para-hydroxylation sites is 2. The molecule has 3 nitrogen and oxygen atoms in total. The number of nitrogens with zero attached hydrogens (tertiary/aromatic N) is 1. The maximum atomic E-state index is 11.7. The fourth-order valence-electron chi connectivity index (χ4n) is 1.82. The molecule has 0 spiro atoms. The van der Waals surface area contributed by atoms with E-state index in [0.29, 0.717) is 0 Å². The third kappa shape index (κ3) is 2.83. The topological polar surface area (TPSA) is 29.5 Å². The summed E-state index contributed by atoms with van der Waals surface area (Å²) in [6, 6.07) is 19.2. The van der Waals surface area contributed by atoms with E-state index in [1.165, 1.54) is 7.11 Å². The minimum atomic E-state index is -0.451. The smallest absolute Gasteiger partial charge is 0.354 e. The lowest BCUT2D eigenvalue weighted by atomic mass is 10.2. The highest BCUT2D eigenvalue weighted by molar-refractivity contribution is 5.95. The van der Waals surface area contributed by atoms with Crippen LogP contribution in [0.2, 0.25) is 0 Å². The van der Waals surface area contributed by atoms with E-state index in [0.717, 1.165) is 11.4 Å². The number of hydrogen-bond acceptors (Lipinski definition) is 3. The van der Waals surface area contributed by atoms with Crippen molar-refractivity contribution in [1.82, 2.24) is 0 Å². The molecule has 0 aliphatic heterocycles. The van der Waals surface area contributed by atoms with Crippen LogP contribution < -0.4 is 4.90 Å². The van der Waals surface area contributed by atoms with Gasteiger partial charge in [-0.3, -0.25) is 0 Å². The van der Waals surface area contributed by atoms with Gasteiger partial charge in [-0.05, 0) is 24.3 Å². The summed E-state index contributed by atoms with van der Waals surface area (Å²) in [5, 5.41) is 0. The zero-order chi connectivity index (χ0) is 13.7. The van der Waals surface area contributed by atoms with E-state index in [4.69, 9.17) is 4.74 Å². The van der Waals surface area contributed by atoms with Crippen LogP contribution in [0, 0.1) is 0 Å². The summed E-state index contributed by atoms with van der Waals surface area (Å²) in [6.07, 6.45) is 0. The second kappa shape index (κ2) is 5.87. The number of benzene rings is 2. The Morgan fingerprint density at radius 1 is 0.947 bits per heavy atom. The quantitative estimate of drug-likeness (QED) is 0.617. The molecule has 0 atom stereocenters. The lowest BCUT2D eigenvalue weighted by Crippen LogP contribution is -2.22. The van der Waals surface area contributed by atoms with Crippen molar-refractivity contribution in [2.24, 2.45) is 0 Å². The van der Waals surface area contributed by atoms with E-state index >= 15 is 0 Å². The molecule has 2 rings (SSSR count). The summed E-state index contributed by atoms with van der Waals surface area (Å²) in [4.78, 5) is 13.5. The SMILES string of the molecule is C=C(C(=O)OC)N(c1ccccc1)c1ccccc1. The first-order valence-corrected chi connectivity index (χ1v) is 5.91. The summed E-state index contributed by atoms with van der Waals surface area (Å²) in [5.74, 6) is -0.451.